The van der Waals surface area contributed by atoms with Gasteiger partial charge in [0.2, 0.25) is 0 Å². The van der Waals surface area contributed by atoms with E-state index < -0.39 is 0 Å². The zero-order valence-electron chi connectivity index (χ0n) is 16.1. The van der Waals surface area contributed by atoms with Crippen molar-refractivity contribution in [3.63, 3.8) is 0 Å². The lowest BCUT2D eigenvalue weighted by molar-refractivity contribution is 0.827. The minimum Gasteiger partial charge on any atom is -0.304 e. The predicted octanol–water partition coefficient (Wildman–Crippen LogP) is 4.12. The molecule has 2 atom stereocenters. The van der Waals surface area contributed by atoms with Gasteiger partial charge in [-0.05, 0) is 38.6 Å². The van der Waals surface area contributed by atoms with E-state index in [4.69, 9.17) is 15.1 Å². The standard InChI is InChI=1S/C22H20N6/c1-12-11-23-13(2)21-25-20(26-28(12)21)18-10-17(18)19-14(3)27-9-8-15-6-4-5-7-16(15)22(27)24-19/h4-9,11,17-18H,10H2,1-3H3/t17?,18-/m1/s1. The van der Waals surface area contributed by atoms with E-state index in [2.05, 4.69) is 52.8 Å². The minimum atomic E-state index is 0.327. The summed E-state index contributed by atoms with van der Waals surface area (Å²) in [6, 6.07) is 10.6. The molecule has 1 unspecified atom stereocenters. The second-order valence-electron chi connectivity index (χ2n) is 7.82. The fraction of sp³-hybridized carbons (Fsp3) is 0.273. The van der Waals surface area contributed by atoms with E-state index in [1.807, 2.05) is 24.6 Å². The summed E-state index contributed by atoms with van der Waals surface area (Å²) in [5.41, 5.74) is 6.20. The highest BCUT2D eigenvalue weighted by atomic mass is 15.3. The van der Waals surface area contributed by atoms with Crippen molar-refractivity contribution in [2.45, 2.75) is 39.0 Å². The molecule has 1 aliphatic carbocycles. The largest absolute Gasteiger partial charge is 0.304 e. The molecular formula is C22H20N6. The summed E-state index contributed by atoms with van der Waals surface area (Å²) in [4.78, 5) is 14.3. The zero-order chi connectivity index (χ0) is 19.0. The molecule has 1 aromatic carbocycles. The van der Waals surface area contributed by atoms with E-state index in [0.29, 0.717) is 11.8 Å². The van der Waals surface area contributed by atoms with Crippen LogP contribution in [0.4, 0.5) is 0 Å². The van der Waals surface area contributed by atoms with Crippen LogP contribution in [0.25, 0.3) is 22.1 Å². The van der Waals surface area contributed by atoms with Crippen LogP contribution in [0, 0.1) is 20.8 Å². The van der Waals surface area contributed by atoms with Crippen LogP contribution in [0.15, 0.2) is 42.7 Å². The molecule has 0 aliphatic heterocycles. The number of rotatable bonds is 2. The van der Waals surface area contributed by atoms with Crippen LogP contribution in [0.1, 0.15) is 46.9 Å². The third-order valence-electron chi connectivity index (χ3n) is 5.99. The summed E-state index contributed by atoms with van der Waals surface area (Å²) < 4.78 is 4.12. The maximum Gasteiger partial charge on any atom is 0.177 e. The van der Waals surface area contributed by atoms with Gasteiger partial charge < -0.3 is 4.40 Å². The second-order valence-corrected chi connectivity index (χ2v) is 7.82. The SMILES string of the molecule is Cc1ncc(C)n2nc([C@@H]3CC3c3nc4c5ccccc5ccn4c3C)nc12. The first-order valence-electron chi connectivity index (χ1n) is 9.67. The first-order chi connectivity index (χ1) is 13.6. The van der Waals surface area contributed by atoms with Crippen LogP contribution in [-0.4, -0.2) is 29.0 Å². The molecule has 4 aromatic heterocycles. The van der Waals surface area contributed by atoms with Crippen LogP contribution in [0.5, 0.6) is 0 Å². The van der Waals surface area contributed by atoms with Crippen LogP contribution >= 0.6 is 0 Å². The fourth-order valence-corrected chi connectivity index (χ4v) is 4.31. The maximum atomic E-state index is 5.06. The van der Waals surface area contributed by atoms with Crippen LogP contribution in [-0.2, 0) is 0 Å². The van der Waals surface area contributed by atoms with Gasteiger partial charge in [-0.2, -0.15) is 5.10 Å². The van der Waals surface area contributed by atoms with Gasteiger partial charge in [-0.25, -0.2) is 14.5 Å². The zero-order valence-corrected chi connectivity index (χ0v) is 16.1. The van der Waals surface area contributed by atoms with E-state index in [9.17, 15) is 0 Å². The predicted molar refractivity (Wildman–Crippen MR) is 108 cm³/mol. The number of pyridine rings is 1. The van der Waals surface area contributed by atoms with Gasteiger partial charge in [-0.3, -0.25) is 4.98 Å². The van der Waals surface area contributed by atoms with Crippen molar-refractivity contribution in [2.24, 2.45) is 0 Å². The molecule has 5 aromatic rings. The summed E-state index contributed by atoms with van der Waals surface area (Å²) in [6.45, 7) is 6.16. The summed E-state index contributed by atoms with van der Waals surface area (Å²) in [7, 11) is 0. The van der Waals surface area contributed by atoms with E-state index in [1.54, 1.807) is 0 Å². The topological polar surface area (TPSA) is 60.4 Å². The Kier molecular flexibility index (Phi) is 3.02. The van der Waals surface area contributed by atoms with Gasteiger partial charge >= 0.3 is 0 Å². The van der Waals surface area contributed by atoms with Crippen molar-refractivity contribution in [3.05, 3.63) is 71.3 Å². The van der Waals surface area contributed by atoms with Crippen molar-refractivity contribution in [1.82, 2.24) is 29.0 Å². The van der Waals surface area contributed by atoms with Crippen molar-refractivity contribution in [2.75, 3.05) is 0 Å². The molecule has 0 radical (unpaired) electrons. The van der Waals surface area contributed by atoms with Gasteiger partial charge in [0.1, 0.15) is 5.65 Å². The normalized spacial score (nSPS) is 19.1. The minimum absolute atomic E-state index is 0.327. The lowest BCUT2D eigenvalue weighted by Crippen LogP contribution is -1.97. The van der Waals surface area contributed by atoms with Crippen molar-refractivity contribution in [1.29, 1.82) is 0 Å². The van der Waals surface area contributed by atoms with Crippen LogP contribution in [0.2, 0.25) is 0 Å². The molecule has 6 nitrogen and oxygen atoms in total. The molecule has 6 rings (SSSR count). The van der Waals surface area contributed by atoms with Gasteiger partial charge in [-0.1, -0.05) is 24.3 Å². The van der Waals surface area contributed by atoms with E-state index in [1.165, 1.54) is 22.2 Å². The molecule has 0 bridgehead atoms. The molecule has 138 valence electrons. The van der Waals surface area contributed by atoms with Crippen LogP contribution < -0.4 is 0 Å². The molecule has 6 heteroatoms. The number of aromatic nitrogens is 6. The third-order valence-corrected chi connectivity index (χ3v) is 5.99. The van der Waals surface area contributed by atoms with Crippen molar-refractivity contribution in [3.8, 4) is 0 Å². The summed E-state index contributed by atoms with van der Waals surface area (Å²) in [5.74, 6) is 1.61. The van der Waals surface area contributed by atoms with Gasteiger partial charge in [-0.15, -0.1) is 0 Å². The molecule has 0 saturated heterocycles. The van der Waals surface area contributed by atoms with Crippen molar-refractivity contribution >= 4 is 22.1 Å². The number of nitrogens with zero attached hydrogens (tertiary/aromatic N) is 6. The lowest BCUT2D eigenvalue weighted by atomic mass is 10.2. The van der Waals surface area contributed by atoms with Crippen molar-refractivity contribution < 1.29 is 0 Å². The summed E-state index contributed by atoms with van der Waals surface area (Å²) >= 11 is 0. The Morgan fingerprint density at radius 3 is 2.68 bits per heavy atom. The molecule has 0 spiro atoms. The number of benzene rings is 1. The van der Waals surface area contributed by atoms with Gasteiger partial charge in [0.05, 0.1) is 17.1 Å². The van der Waals surface area contributed by atoms with E-state index in [-0.39, 0.29) is 0 Å². The molecule has 1 fully saturated rings. The number of imidazole rings is 1. The molecule has 4 heterocycles. The molecule has 1 saturated carbocycles. The molecule has 28 heavy (non-hydrogen) atoms. The first kappa shape index (κ1) is 15.7. The lowest BCUT2D eigenvalue weighted by Gasteiger charge is -2.01. The Labute approximate surface area is 161 Å². The van der Waals surface area contributed by atoms with Gasteiger partial charge in [0.25, 0.3) is 0 Å². The monoisotopic (exact) mass is 368 g/mol. The quantitative estimate of drug-likeness (QED) is 0.470. The summed E-state index contributed by atoms with van der Waals surface area (Å²) in [6.07, 6.45) is 5.02. The molecular weight excluding hydrogens is 348 g/mol. The third kappa shape index (κ3) is 2.08. The average Bonchev–Trinajstić information content (AvgIpc) is 3.23. The van der Waals surface area contributed by atoms with E-state index in [0.717, 1.165) is 34.9 Å². The van der Waals surface area contributed by atoms with Crippen LogP contribution in [0.3, 0.4) is 0 Å². The molecule has 1 aliphatic rings. The molecule has 0 amide bonds. The smallest absolute Gasteiger partial charge is 0.177 e. The Balaban J connectivity index is 1.44. The Bertz CT molecular complexity index is 1350. The Morgan fingerprint density at radius 1 is 0.964 bits per heavy atom. The maximum absolute atomic E-state index is 5.06. The van der Waals surface area contributed by atoms with Gasteiger partial charge in [0.15, 0.2) is 11.5 Å². The number of hydrogen-bond donors (Lipinski definition) is 0. The highest BCUT2D eigenvalue weighted by Gasteiger charge is 2.45. The molecule has 0 N–H and O–H groups in total. The highest BCUT2D eigenvalue weighted by molar-refractivity contribution is 5.94. The van der Waals surface area contributed by atoms with E-state index >= 15 is 0 Å². The number of hydrogen-bond acceptors (Lipinski definition) is 4. The fourth-order valence-electron chi connectivity index (χ4n) is 4.31. The number of aryl methyl sites for hydroxylation is 3. The highest BCUT2D eigenvalue weighted by Crippen LogP contribution is 2.54. The Hall–Kier alpha value is -3.28. The second kappa shape index (κ2) is 5.38. The average molecular weight is 368 g/mol. The Morgan fingerprint density at radius 2 is 1.82 bits per heavy atom. The number of fused-ring (bicyclic) bond motifs is 4. The first-order valence-corrected chi connectivity index (χ1v) is 9.67. The summed E-state index contributed by atoms with van der Waals surface area (Å²) in [5, 5.41) is 7.19. The van der Waals surface area contributed by atoms with Gasteiger partial charge in [0, 0.05) is 35.3 Å².